The fourth-order valence-electron chi connectivity index (χ4n) is 4.60. The molecule has 1 aliphatic heterocycles. The molecular weight excluding hydrogens is 380 g/mol. The normalized spacial score (nSPS) is 26.2. The van der Waals surface area contributed by atoms with Crippen LogP contribution in [0.1, 0.15) is 38.7 Å². The summed E-state index contributed by atoms with van der Waals surface area (Å²) in [4.78, 5) is 29.2. The minimum atomic E-state index is -0.535. The van der Waals surface area contributed by atoms with Crippen molar-refractivity contribution in [1.29, 1.82) is 0 Å². The van der Waals surface area contributed by atoms with Gasteiger partial charge in [0.25, 0.3) is 0 Å². The van der Waals surface area contributed by atoms with Gasteiger partial charge in [0.1, 0.15) is 0 Å². The van der Waals surface area contributed by atoms with Gasteiger partial charge in [-0.3, -0.25) is 9.59 Å². The summed E-state index contributed by atoms with van der Waals surface area (Å²) in [6, 6.07) is 12.7. The van der Waals surface area contributed by atoms with Crippen LogP contribution in [0.2, 0.25) is 0 Å². The maximum atomic E-state index is 13.1. The van der Waals surface area contributed by atoms with E-state index in [9.17, 15) is 9.59 Å². The molecule has 1 aliphatic carbocycles. The van der Waals surface area contributed by atoms with E-state index in [1.165, 1.54) is 10.4 Å². The molecule has 4 rings (SSSR count). The van der Waals surface area contributed by atoms with Crippen LogP contribution in [0.5, 0.6) is 0 Å². The van der Waals surface area contributed by atoms with Crippen LogP contribution < -0.4 is 5.32 Å². The molecule has 1 N–H and O–H groups in total. The predicted octanol–water partition coefficient (Wildman–Crippen LogP) is 4.36. The monoisotopic (exact) mass is 410 g/mol. The second-order valence-corrected chi connectivity index (χ2v) is 9.62. The summed E-state index contributed by atoms with van der Waals surface area (Å²) in [5.74, 6) is 1.00. The zero-order chi connectivity index (χ0) is 20.4. The van der Waals surface area contributed by atoms with Crippen LogP contribution >= 0.6 is 11.3 Å². The number of amides is 2. The molecule has 5 heteroatoms. The first-order valence-electron chi connectivity index (χ1n) is 10.7. The van der Waals surface area contributed by atoms with Crippen molar-refractivity contribution in [3.05, 3.63) is 47.3 Å². The van der Waals surface area contributed by atoms with Gasteiger partial charge < -0.3 is 10.2 Å². The second kappa shape index (κ2) is 8.31. The van der Waals surface area contributed by atoms with Gasteiger partial charge in [-0.2, -0.15) is 0 Å². The average Bonchev–Trinajstić information content (AvgIpc) is 3.22. The number of carbonyl (C=O) groups is 2. The van der Waals surface area contributed by atoms with Crippen LogP contribution in [-0.2, 0) is 16.0 Å². The van der Waals surface area contributed by atoms with E-state index in [4.69, 9.17) is 0 Å². The lowest BCUT2D eigenvalue weighted by Crippen LogP contribution is -2.54. The topological polar surface area (TPSA) is 49.4 Å². The van der Waals surface area contributed by atoms with Crippen LogP contribution in [-0.4, -0.2) is 36.3 Å². The summed E-state index contributed by atoms with van der Waals surface area (Å²) in [5, 5.41) is 5.13. The Morgan fingerprint density at radius 3 is 2.62 bits per heavy atom. The minimum Gasteiger partial charge on any atom is -0.356 e. The third-order valence-electron chi connectivity index (χ3n) is 6.44. The Morgan fingerprint density at radius 2 is 2.00 bits per heavy atom. The van der Waals surface area contributed by atoms with Gasteiger partial charge in [-0.25, -0.2) is 0 Å². The van der Waals surface area contributed by atoms with Gasteiger partial charge in [0.15, 0.2) is 0 Å². The van der Waals surface area contributed by atoms with Crippen molar-refractivity contribution in [2.24, 2.45) is 17.3 Å². The number of benzene rings is 1. The first kappa shape index (κ1) is 20.1. The lowest BCUT2D eigenvalue weighted by molar-refractivity contribution is -0.142. The molecule has 1 aromatic carbocycles. The quantitative estimate of drug-likeness (QED) is 0.769. The lowest BCUT2D eigenvalue weighted by atomic mass is 9.74. The maximum Gasteiger partial charge on any atom is 0.228 e. The van der Waals surface area contributed by atoms with Crippen LogP contribution in [0.25, 0.3) is 10.4 Å². The number of thiophene rings is 1. The van der Waals surface area contributed by atoms with Gasteiger partial charge in [-0.05, 0) is 61.1 Å². The van der Waals surface area contributed by atoms with Gasteiger partial charge in [0, 0.05) is 30.4 Å². The van der Waals surface area contributed by atoms with Gasteiger partial charge in [0.05, 0.1) is 5.41 Å². The van der Waals surface area contributed by atoms with Crippen LogP contribution in [0.3, 0.4) is 0 Å². The molecule has 1 aromatic heterocycles. The fraction of sp³-hybridized carbons (Fsp3) is 0.500. The highest BCUT2D eigenvalue weighted by atomic mass is 32.1. The molecule has 154 valence electrons. The smallest absolute Gasteiger partial charge is 0.228 e. The molecule has 2 aliphatic rings. The Kier molecular flexibility index (Phi) is 5.77. The third kappa shape index (κ3) is 4.25. The molecule has 29 heavy (non-hydrogen) atoms. The molecule has 1 saturated heterocycles. The van der Waals surface area contributed by atoms with E-state index in [0.717, 1.165) is 31.4 Å². The maximum absolute atomic E-state index is 13.1. The third-order valence-corrected chi connectivity index (χ3v) is 7.36. The number of hydrogen-bond donors (Lipinski definition) is 1. The zero-order valence-corrected chi connectivity index (χ0v) is 18.1. The van der Waals surface area contributed by atoms with E-state index < -0.39 is 5.41 Å². The highest BCUT2D eigenvalue weighted by Gasteiger charge is 2.47. The summed E-state index contributed by atoms with van der Waals surface area (Å²) in [5.41, 5.74) is 1.83. The molecule has 2 amide bonds. The first-order valence-corrected chi connectivity index (χ1v) is 11.6. The summed E-state index contributed by atoms with van der Waals surface area (Å²) < 4.78 is 0. The zero-order valence-electron chi connectivity index (χ0n) is 17.3. The first-order chi connectivity index (χ1) is 14.0. The standard InChI is InChI=1S/C24H30N2O2S/c1-3-25-23(28)24(11-5-12-26(16-24)22(27)20-14-17(20)2)15-18-7-9-19(10-8-18)21-6-4-13-29-21/h4,6-10,13,17,20H,3,5,11-12,14-16H2,1-2H3,(H,25,28)/t17-,20+,24+/m1/s1. The Balaban J connectivity index is 1.54. The Labute approximate surface area is 177 Å². The predicted molar refractivity (Wildman–Crippen MR) is 118 cm³/mol. The van der Waals surface area contributed by atoms with E-state index in [-0.39, 0.29) is 17.7 Å². The molecule has 4 nitrogen and oxygen atoms in total. The van der Waals surface area contributed by atoms with Crippen molar-refractivity contribution in [3.8, 4) is 10.4 Å². The number of carbonyl (C=O) groups excluding carboxylic acids is 2. The molecule has 2 heterocycles. The van der Waals surface area contributed by atoms with Crippen molar-refractivity contribution in [2.75, 3.05) is 19.6 Å². The Hall–Kier alpha value is -2.14. The average molecular weight is 411 g/mol. The highest BCUT2D eigenvalue weighted by molar-refractivity contribution is 7.13. The van der Waals surface area contributed by atoms with E-state index in [1.54, 1.807) is 11.3 Å². The Morgan fingerprint density at radius 1 is 1.24 bits per heavy atom. The van der Waals surface area contributed by atoms with Gasteiger partial charge >= 0.3 is 0 Å². The summed E-state index contributed by atoms with van der Waals surface area (Å²) in [6.45, 7) is 6.03. The van der Waals surface area contributed by atoms with Gasteiger partial charge in [0.2, 0.25) is 11.8 Å². The molecule has 0 bridgehead atoms. The number of likely N-dealkylation sites (tertiary alicyclic amines) is 1. The molecule has 2 aromatic rings. The number of nitrogens with one attached hydrogen (secondary N) is 1. The molecule has 2 fully saturated rings. The highest BCUT2D eigenvalue weighted by Crippen LogP contribution is 2.42. The second-order valence-electron chi connectivity index (χ2n) is 8.67. The largest absolute Gasteiger partial charge is 0.356 e. The van der Waals surface area contributed by atoms with Crippen molar-refractivity contribution in [2.45, 2.75) is 39.5 Å². The van der Waals surface area contributed by atoms with E-state index in [2.05, 4.69) is 54.0 Å². The van der Waals surface area contributed by atoms with E-state index >= 15 is 0 Å². The molecule has 0 radical (unpaired) electrons. The van der Waals surface area contributed by atoms with Crippen molar-refractivity contribution >= 4 is 23.2 Å². The van der Waals surface area contributed by atoms with Gasteiger partial charge in [-0.15, -0.1) is 11.3 Å². The fourth-order valence-corrected chi connectivity index (χ4v) is 5.33. The molecule has 1 saturated carbocycles. The molecule has 3 atom stereocenters. The number of hydrogen-bond acceptors (Lipinski definition) is 3. The van der Waals surface area contributed by atoms with Gasteiger partial charge in [-0.1, -0.05) is 37.3 Å². The SMILES string of the molecule is CCNC(=O)[C@]1(Cc2ccc(-c3cccs3)cc2)CCCN(C(=O)[C@H]2C[C@H]2C)C1. The summed E-state index contributed by atoms with van der Waals surface area (Å²) in [6.07, 6.45) is 3.38. The van der Waals surface area contributed by atoms with E-state index in [0.29, 0.717) is 25.4 Å². The molecule has 0 unspecified atom stereocenters. The summed E-state index contributed by atoms with van der Waals surface area (Å²) >= 11 is 1.73. The van der Waals surface area contributed by atoms with Crippen molar-refractivity contribution in [1.82, 2.24) is 10.2 Å². The number of nitrogens with zero attached hydrogens (tertiary/aromatic N) is 1. The molecular formula is C24H30N2O2S. The van der Waals surface area contributed by atoms with Crippen LogP contribution in [0.15, 0.2) is 41.8 Å². The van der Waals surface area contributed by atoms with Crippen LogP contribution in [0, 0.1) is 17.3 Å². The van der Waals surface area contributed by atoms with Crippen molar-refractivity contribution < 1.29 is 9.59 Å². The van der Waals surface area contributed by atoms with Crippen LogP contribution in [0.4, 0.5) is 0 Å². The number of piperidine rings is 1. The number of rotatable bonds is 6. The Bertz CT molecular complexity index is 862. The lowest BCUT2D eigenvalue weighted by Gasteiger charge is -2.42. The van der Waals surface area contributed by atoms with E-state index in [1.807, 2.05) is 11.8 Å². The minimum absolute atomic E-state index is 0.0867. The summed E-state index contributed by atoms with van der Waals surface area (Å²) in [7, 11) is 0. The van der Waals surface area contributed by atoms with Crippen molar-refractivity contribution in [3.63, 3.8) is 0 Å². The molecule has 0 spiro atoms.